The van der Waals surface area contributed by atoms with E-state index in [0.717, 1.165) is 10.4 Å². The molecule has 1 amide bonds. The maximum Gasteiger partial charge on any atom is 0.338 e. The third kappa shape index (κ3) is 5.05. The SMILES string of the molecule is COc1ccc(NC(=O)COC(=O)c2cccc(F)c2)cc1S(=O)(=O)N(C)C. The van der Waals surface area contributed by atoms with E-state index < -0.39 is 34.3 Å². The number of benzene rings is 2. The monoisotopic (exact) mass is 410 g/mol. The summed E-state index contributed by atoms with van der Waals surface area (Å²) in [5.41, 5.74) is 0.143. The number of hydrogen-bond donors (Lipinski definition) is 1. The lowest BCUT2D eigenvalue weighted by molar-refractivity contribution is -0.119. The summed E-state index contributed by atoms with van der Waals surface area (Å²) in [6.45, 7) is -0.628. The maximum absolute atomic E-state index is 13.1. The first-order valence-electron chi connectivity index (χ1n) is 7.98. The Balaban J connectivity index is 2.09. The van der Waals surface area contributed by atoms with Gasteiger partial charge in [0.2, 0.25) is 10.0 Å². The summed E-state index contributed by atoms with van der Waals surface area (Å²) in [6.07, 6.45) is 0. The Labute approximate surface area is 161 Å². The number of carbonyl (C=O) groups is 2. The molecule has 0 unspecified atom stereocenters. The van der Waals surface area contributed by atoms with E-state index in [-0.39, 0.29) is 21.9 Å². The Morgan fingerprint density at radius 1 is 1.14 bits per heavy atom. The second-order valence-corrected chi connectivity index (χ2v) is 7.91. The highest BCUT2D eigenvalue weighted by Crippen LogP contribution is 2.28. The Bertz CT molecular complexity index is 991. The zero-order valence-corrected chi connectivity index (χ0v) is 16.2. The molecule has 0 bridgehead atoms. The minimum Gasteiger partial charge on any atom is -0.495 e. The molecule has 10 heteroatoms. The van der Waals surface area contributed by atoms with Crippen molar-refractivity contribution in [3.63, 3.8) is 0 Å². The molecule has 0 aliphatic heterocycles. The van der Waals surface area contributed by atoms with Crippen molar-refractivity contribution in [2.24, 2.45) is 0 Å². The topological polar surface area (TPSA) is 102 Å². The summed E-state index contributed by atoms with van der Waals surface area (Å²) in [4.78, 5) is 23.7. The van der Waals surface area contributed by atoms with Crippen LogP contribution < -0.4 is 10.1 Å². The van der Waals surface area contributed by atoms with E-state index in [1.165, 1.54) is 57.6 Å². The Kier molecular flexibility index (Phi) is 6.71. The van der Waals surface area contributed by atoms with Gasteiger partial charge in [-0.05, 0) is 36.4 Å². The van der Waals surface area contributed by atoms with Crippen molar-refractivity contribution in [1.29, 1.82) is 0 Å². The molecule has 150 valence electrons. The third-order valence-electron chi connectivity index (χ3n) is 3.60. The highest BCUT2D eigenvalue weighted by molar-refractivity contribution is 7.89. The van der Waals surface area contributed by atoms with E-state index in [1.54, 1.807) is 0 Å². The lowest BCUT2D eigenvalue weighted by Gasteiger charge is -2.16. The lowest BCUT2D eigenvalue weighted by Crippen LogP contribution is -2.24. The number of sulfonamides is 1. The number of anilines is 1. The first-order chi connectivity index (χ1) is 13.1. The second-order valence-electron chi connectivity index (χ2n) is 5.79. The van der Waals surface area contributed by atoms with Crippen molar-refractivity contribution >= 4 is 27.6 Å². The predicted molar refractivity (Wildman–Crippen MR) is 99.2 cm³/mol. The molecule has 8 nitrogen and oxygen atoms in total. The van der Waals surface area contributed by atoms with Crippen LogP contribution in [-0.4, -0.2) is 52.4 Å². The van der Waals surface area contributed by atoms with Gasteiger partial charge in [0.05, 0.1) is 12.7 Å². The summed E-state index contributed by atoms with van der Waals surface area (Å²) >= 11 is 0. The minimum absolute atomic E-state index is 0.0309. The average Bonchev–Trinajstić information content (AvgIpc) is 2.65. The fraction of sp³-hybridized carbons (Fsp3) is 0.222. The first kappa shape index (κ1) is 21.3. The van der Waals surface area contributed by atoms with Crippen LogP contribution >= 0.6 is 0 Å². The Hall–Kier alpha value is -2.98. The second kappa shape index (κ2) is 8.81. The summed E-state index contributed by atoms with van der Waals surface area (Å²) in [7, 11) is 0.254. The highest BCUT2D eigenvalue weighted by atomic mass is 32.2. The molecule has 0 aromatic heterocycles. The summed E-state index contributed by atoms with van der Waals surface area (Å²) in [5.74, 6) is -2.04. The molecule has 2 aromatic rings. The molecule has 0 radical (unpaired) electrons. The first-order valence-corrected chi connectivity index (χ1v) is 9.42. The number of halogens is 1. The molecule has 0 fully saturated rings. The van der Waals surface area contributed by atoms with Gasteiger partial charge in [-0.2, -0.15) is 0 Å². The van der Waals surface area contributed by atoms with Gasteiger partial charge in [-0.15, -0.1) is 0 Å². The van der Waals surface area contributed by atoms with Crippen LogP contribution in [0.1, 0.15) is 10.4 Å². The molecule has 2 aromatic carbocycles. The number of nitrogens with zero attached hydrogens (tertiary/aromatic N) is 1. The van der Waals surface area contributed by atoms with Crippen molar-refractivity contribution in [3.8, 4) is 5.75 Å². The maximum atomic E-state index is 13.1. The molecule has 0 aliphatic carbocycles. The van der Waals surface area contributed by atoms with Crippen molar-refractivity contribution < 1.29 is 31.9 Å². The number of rotatable bonds is 7. The van der Waals surface area contributed by atoms with E-state index in [1.807, 2.05) is 0 Å². The van der Waals surface area contributed by atoms with Crippen molar-refractivity contribution in [2.45, 2.75) is 4.90 Å². The zero-order chi connectivity index (χ0) is 20.9. The molecule has 0 spiro atoms. The highest BCUT2D eigenvalue weighted by Gasteiger charge is 2.23. The third-order valence-corrected chi connectivity index (χ3v) is 5.44. The smallest absolute Gasteiger partial charge is 0.338 e. The van der Waals surface area contributed by atoms with Gasteiger partial charge >= 0.3 is 5.97 Å². The lowest BCUT2D eigenvalue weighted by atomic mass is 10.2. The van der Waals surface area contributed by atoms with Gasteiger partial charge in [0.1, 0.15) is 16.5 Å². The van der Waals surface area contributed by atoms with Crippen LogP contribution in [0.25, 0.3) is 0 Å². The number of nitrogens with one attached hydrogen (secondary N) is 1. The van der Waals surface area contributed by atoms with Gasteiger partial charge in [0.25, 0.3) is 5.91 Å². The van der Waals surface area contributed by atoms with Crippen LogP contribution in [0.2, 0.25) is 0 Å². The molecule has 28 heavy (non-hydrogen) atoms. The van der Waals surface area contributed by atoms with Crippen LogP contribution in [0.15, 0.2) is 47.4 Å². The van der Waals surface area contributed by atoms with Gasteiger partial charge in [0.15, 0.2) is 6.61 Å². The molecule has 2 rings (SSSR count). The molecule has 0 saturated heterocycles. The number of ether oxygens (including phenoxy) is 2. The molecule has 0 saturated carbocycles. The quantitative estimate of drug-likeness (QED) is 0.700. The molecule has 1 N–H and O–H groups in total. The molecule has 0 atom stereocenters. The average molecular weight is 410 g/mol. The van der Waals surface area contributed by atoms with Crippen LogP contribution in [0.3, 0.4) is 0 Å². The summed E-state index contributed by atoms with van der Waals surface area (Å²) in [6, 6.07) is 8.93. The predicted octanol–water partition coefficient (Wildman–Crippen LogP) is 1.88. The fourth-order valence-corrected chi connectivity index (χ4v) is 3.25. The molecular formula is C18H19FN2O6S. The van der Waals surface area contributed by atoms with Gasteiger partial charge in [-0.25, -0.2) is 21.9 Å². The van der Waals surface area contributed by atoms with E-state index >= 15 is 0 Å². The molecular weight excluding hydrogens is 391 g/mol. The standard InChI is InChI=1S/C18H19FN2O6S/c1-21(2)28(24,25)16-10-14(7-8-15(16)26-3)20-17(22)11-27-18(23)12-5-4-6-13(19)9-12/h4-10H,11H2,1-3H3,(H,20,22). The summed E-state index contributed by atoms with van der Waals surface area (Å²) in [5, 5.41) is 2.43. The van der Waals surface area contributed by atoms with Gasteiger partial charge in [-0.3, -0.25) is 4.79 Å². The van der Waals surface area contributed by atoms with E-state index in [2.05, 4.69) is 5.32 Å². The number of amides is 1. The number of carbonyl (C=O) groups excluding carboxylic acids is 2. The van der Waals surface area contributed by atoms with Crippen LogP contribution in [0.5, 0.6) is 5.75 Å². The number of esters is 1. The minimum atomic E-state index is -3.81. The molecule has 0 aliphatic rings. The van der Waals surface area contributed by atoms with Gasteiger partial charge in [0, 0.05) is 19.8 Å². The fourth-order valence-electron chi connectivity index (χ4n) is 2.18. The Morgan fingerprint density at radius 2 is 1.86 bits per heavy atom. The number of methoxy groups -OCH3 is 1. The normalized spacial score (nSPS) is 11.2. The largest absolute Gasteiger partial charge is 0.495 e. The van der Waals surface area contributed by atoms with Crippen molar-refractivity contribution in [1.82, 2.24) is 4.31 Å². The van der Waals surface area contributed by atoms with Gasteiger partial charge in [-0.1, -0.05) is 6.07 Å². The van der Waals surface area contributed by atoms with Crippen molar-refractivity contribution in [2.75, 3.05) is 33.1 Å². The van der Waals surface area contributed by atoms with Crippen molar-refractivity contribution in [3.05, 3.63) is 53.8 Å². The van der Waals surface area contributed by atoms with Crippen LogP contribution in [0.4, 0.5) is 10.1 Å². The Morgan fingerprint density at radius 3 is 2.46 bits per heavy atom. The van der Waals surface area contributed by atoms with E-state index in [0.29, 0.717) is 0 Å². The van der Waals surface area contributed by atoms with Crippen LogP contribution in [-0.2, 0) is 19.6 Å². The zero-order valence-electron chi connectivity index (χ0n) is 15.4. The van der Waals surface area contributed by atoms with E-state index in [9.17, 15) is 22.4 Å². The molecule has 0 heterocycles. The van der Waals surface area contributed by atoms with Gasteiger partial charge < -0.3 is 14.8 Å². The number of hydrogen-bond acceptors (Lipinski definition) is 6. The van der Waals surface area contributed by atoms with E-state index in [4.69, 9.17) is 9.47 Å². The summed E-state index contributed by atoms with van der Waals surface area (Å²) < 4.78 is 48.8. The van der Waals surface area contributed by atoms with Crippen LogP contribution in [0, 0.1) is 5.82 Å².